The van der Waals surface area contributed by atoms with Crippen LogP contribution >= 0.6 is 0 Å². The van der Waals surface area contributed by atoms with E-state index in [-0.39, 0.29) is 5.41 Å². The molecule has 2 fully saturated rings. The predicted molar refractivity (Wildman–Crippen MR) is 64.9 cm³/mol. The number of hydrogen-bond donors (Lipinski definition) is 1. The minimum atomic E-state index is -0.0129. The molecule has 1 aliphatic carbocycles. The Bertz CT molecular complexity index is 374. The number of piperidine rings is 1. The van der Waals surface area contributed by atoms with Gasteiger partial charge in [-0.2, -0.15) is 4.98 Å². The molecule has 2 N–H and O–H groups in total. The molecule has 1 aliphatic heterocycles. The lowest BCUT2D eigenvalue weighted by Crippen LogP contribution is -2.42. The van der Waals surface area contributed by atoms with Gasteiger partial charge in [0.2, 0.25) is 5.89 Å². The van der Waals surface area contributed by atoms with Gasteiger partial charge in [-0.05, 0) is 37.3 Å². The summed E-state index contributed by atoms with van der Waals surface area (Å²) in [5, 5.41) is 4.12. The Kier molecular flexibility index (Phi) is 2.78. The van der Waals surface area contributed by atoms with E-state index in [0.29, 0.717) is 6.54 Å². The number of aromatic nitrogens is 2. The molecular weight excluding hydrogens is 216 g/mol. The van der Waals surface area contributed by atoms with E-state index in [0.717, 1.165) is 37.8 Å². The van der Waals surface area contributed by atoms with E-state index in [1.807, 2.05) is 0 Å². The Morgan fingerprint density at radius 2 is 1.94 bits per heavy atom. The average molecular weight is 236 g/mol. The minimum absolute atomic E-state index is 0.0129. The highest BCUT2D eigenvalue weighted by Gasteiger charge is 2.42. The van der Waals surface area contributed by atoms with E-state index in [1.54, 1.807) is 0 Å². The van der Waals surface area contributed by atoms with Crippen LogP contribution in [0.3, 0.4) is 0 Å². The van der Waals surface area contributed by atoms with Crippen LogP contribution in [0.15, 0.2) is 4.52 Å². The Morgan fingerprint density at radius 1 is 1.18 bits per heavy atom. The molecule has 3 rings (SSSR count). The lowest BCUT2D eigenvalue weighted by molar-refractivity contribution is 0.182. The summed E-state index contributed by atoms with van der Waals surface area (Å²) in [6.07, 6.45) is 7.17. The molecule has 2 heterocycles. The molecule has 1 saturated carbocycles. The van der Waals surface area contributed by atoms with Crippen molar-refractivity contribution in [2.24, 2.45) is 5.73 Å². The third-order valence-corrected chi connectivity index (χ3v) is 4.21. The normalized spacial score (nSPS) is 23.5. The fourth-order valence-electron chi connectivity index (χ4n) is 2.76. The SMILES string of the molecule is NCC1(c2nc(N3CCCCC3)no2)CCC1. The quantitative estimate of drug-likeness (QED) is 0.860. The zero-order valence-electron chi connectivity index (χ0n) is 10.2. The van der Waals surface area contributed by atoms with Gasteiger partial charge >= 0.3 is 0 Å². The molecule has 0 radical (unpaired) electrons. The first kappa shape index (κ1) is 11.0. The molecule has 1 saturated heterocycles. The highest BCUT2D eigenvalue weighted by atomic mass is 16.5. The number of hydrogen-bond acceptors (Lipinski definition) is 5. The molecule has 5 heteroatoms. The molecule has 5 nitrogen and oxygen atoms in total. The number of nitrogens with zero attached hydrogens (tertiary/aromatic N) is 3. The van der Waals surface area contributed by atoms with E-state index < -0.39 is 0 Å². The number of nitrogens with two attached hydrogens (primary N) is 1. The predicted octanol–water partition coefficient (Wildman–Crippen LogP) is 1.44. The molecule has 0 spiro atoms. The van der Waals surface area contributed by atoms with Crippen molar-refractivity contribution in [3.63, 3.8) is 0 Å². The van der Waals surface area contributed by atoms with E-state index in [2.05, 4.69) is 15.0 Å². The van der Waals surface area contributed by atoms with Crippen LogP contribution in [0.1, 0.15) is 44.4 Å². The Hall–Kier alpha value is -1.10. The molecule has 0 unspecified atom stereocenters. The van der Waals surface area contributed by atoms with Crippen LogP contribution in [0, 0.1) is 0 Å². The van der Waals surface area contributed by atoms with Crippen molar-refractivity contribution >= 4 is 5.95 Å². The van der Waals surface area contributed by atoms with Crippen LogP contribution in [0.5, 0.6) is 0 Å². The molecule has 0 bridgehead atoms. The second-order valence-electron chi connectivity index (χ2n) is 5.29. The fraction of sp³-hybridized carbons (Fsp3) is 0.833. The van der Waals surface area contributed by atoms with Crippen molar-refractivity contribution in [2.75, 3.05) is 24.5 Å². The summed E-state index contributed by atoms with van der Waals surface area (Å²) in [7, 11) is 0. The first-order valence-electron chi connectivity index (χ1n) is 6.63. The first-order chi connectivity index (χ1) is 8.34. The maximum absolute atomic E-state index is 5.85. The molecule has 1 aromatic rings. The van der Waals surface area contributed by atoms with Gasteiger partial charge in [0, 0.05) is 19.6 Å². The lowest BCUT2D eigenvalue weighted by atomic mass is 9.69. The Balaban J connectivity index is 1.77. The van der Waals surface area contributed by atoms with E-state index in [9.17, 15) is 0 Å². The molecule has 0 aromatic carbocycles. The molecular formula is C12H20N4O. The van der Waals surface area contributed by atoms with Crippen LogP contribution in [0.25, 0.3) is 0 Å². The third kappa shape index (κ3) is 1.82. The highest BCUT2D eigenvalue weighted by Crippen LogP contribution is 2.42. The van der Waals surface area contributed by atoms with Crippen LogP contribution in [-0.4, -0.2) is 29.8 Å². The summed E-state index contributed by atoms with van der Waals surface area (Å²) in [5.74, 6) is 1.52. The number of rotatable bonds is 3. The van der Waals surface area contributed by atoms with Gasteiger partial charge in [0.1, 0.15) is 0 Å². The van der Waals surface area contributed by atoms with Crippen molar-refractivity contribution in [3.05, 3.63) is 5.89 Å². The summed E-state index contributed by atoms with van der Waals surface area (Å²) < 4.78 is 5.43. The molecule has 0 atom stereocenters. The second-order valence-corrected chi connectivity index (χ2v) is 5.29. The van der Waals surface area contributed by atoms with Crippen LogP contribution in [0.4, 0.5) is 5.95 Å². The van der Waals surface area contributed by atoms with Gasteiger partial charge in [0.15, 0.2) is 0 Å². The lowest BCUT2D eigenvalue weighted by Gasteiger charge is -2.36. The Labute approximate surface area is 101 Å². The first-order valence-corrected chi connectivity index (χ1v) is 6.63. The zero-order chi connectivity index (χ0) is 11.7. The molecule has 2 aliphatic rings. The van der Waals surface area contributed by atoms with Gasteiger partial charge in [-0.1, -0.05) is 6.42 Å². The smallest absolute Gasteiger partial charge is 0.266 e. The van der Waals surface area contributed by atoms with Crippen LogP contribution < -0.4 is 10.6 Å². The summed E-state index contributed by atoms with van der Waals surface area (Å²) in [4.78, 5) is 6.79. The van der Waals surface area contributed by atoms with Gasteiger partial charge in [0.25, 0.3) is 5.95 Å². The highest BCUT2D eigenvalue weighted by molar-refractivity contribution is 5.30. The third-order valence-electron chi connectivity index (χ3n) is 4.21. The zero-order valence-corrected chi connectivity index (χ0v) is 10.2. The molecule has 1 aromatic heterocycles. The van der Waals surface area contributed by atoms with E-state index in [4.69, 9.17) is 10.3 Å². The van der Waals surface area contributed by atoms with Crippen molar-refractivity contribution in [3.8, 4) is 0 Å². The minimum Gasteiger partial charge on any atom is -0.338 e. The Morgan fingerprint density at radius 3 is 2.53 bits per heavy atom. The van der Waals surface area contributed by atoms with Gasteiger partial charge in [-0.15, -0.1) is 0 Å². The summed E-state index contributed by atoms with van der Waals surface area (Å²) in [5.41, 5.74) is 5.83. The van der Waals surface area contributed by atoms with Gasteiger partial charge in [-0.25, -0.2) is 0 Å². The van der Waals surface area contributed by atoms with Crippen molar-refractivity contribution in [1.82, 2.24) is 10.1 Å². The van der Waals surface area contributed by atoms with Gasteiger partial charge in [-0.3, -0.25) is 0 Å². The fourth-order valence-corrected chi connectivity index (χ4v) is 2.76. The average Bonchev–Trinajstić information content (AvgIpc) is 2.80. The maximum Gasteiger partial charge on any atom is 0.266 e. The largest absolute Gasteiger partial charge is 0.338 e. The monoisotopic (exact) mass is 236 g/mol. The summed E-state index contributed by atoms with van der Waals surface area (Å²) in [6.45, 7) is 2.72. The molecule has 0 amide bonds. The van der Waals surface area contributed by atoms with Crippen molar-refractivity contribution in [2.45, 2.75) is 43.9 Å². The van der Waals surface area contributed by atoms with Crippen LogP contribution in [-0.2, 0) is 5.41 Å². The summed E-state index contributed by atoms with van der Waals surface area (Å²) >= 11 is 0. The molecule has 94 valence electrons. The van der Waals surface area contributed by atoms with E-state index >= 15 is 0 Å². The topological polar surface area (TPSA) is 68.2 Å². The van der Waals surface area contributed by atoms with Gasteiger partial charge < -0.3 is 15.2 Å². The second kappa shape index (κ2) is 4.29. The van der Waals surface area contributed by atoms with Gasteiger partial charge in [0.05, 0.1) is 5.41 Å². The van der Waals surface area contributed by atoms with E-state index in [1.165, 1.54) is 25.7 Å². The van der Waals surface area contributed by atoms with Crippen molar-refractivity contribution in [1.29, 1.82) is 0 Å². The summed E-state index contributed by atoms with van der Waals surface area (Å²) in [6, 6.07) is 0. The van der Waals surface area contributed by atoms with Crippen LogP contribution in [0.2, 0.25) is 0 Å². The van der Waals surface area contributed by atoms with Crippen molar-refractivity contribution < 1.29 is 4.52 Å². The molecule has 17 heavy (non-hydrogen) atoms. The maximum atomic E-state index is 5.85. The number of anilines is 1. The standard InChI is InChI=1S/C12H20N4O/c13-9-12(5-4-6-12)10-14-11(15-17-10)16-7-2-1-3-8-16/h1-9,13H2.